The lowest BCUT2D eigenvalue weighted by Crippen LogP contribution is -2.37. The zero-order chi connectivity index (χ0) is 17.2. The lowest BCUT2D eigenvalue weighted by Gasteiger charge is -2.31. The molecular weight excluding hydrogens is 305 g/mol. The molecule has 1 amide bonds. The summed E-state index contributed by atoms with van der Waals surface area (Å²) in [6.07, 6.45) is -2.14. The molecule has 6 heteroatoms. The van der Waals surface area contributed by atoms with Crippen molar-refractivity contribution in [2.75, 3.05) is 6.54 Å². The molecule has 0 heterocycles. The molecule has 1 aromatic carbocycles. The molecule has 2 rings (SSSR count). The van der Waals surface area contributed by atoms with E-state index in [-0.39, 0.29) is 17.9 Å². The number of hydrogen-bond acceptors (Lipinski definition) is 2. The Morgan fingerprint density at radius 3 is 2.61 bits per heavy atom. The summed E-state index contributed by atoms with van der Waals surface area (Å²) in [7, 11) is 0. The lowest BCUT2D eigenvalue weighted by molar-refractivity contribution is -0.137. The second-order valence-corrected chi connectivity index (χ2v) is 6.19. The minimum Gasteiger partial charge on any atom is -0.336 e. The summed E-state index contributed by atoms with van der Waals surface area (Å²) >= 11 is 0. The van der Waals surface area contributed by atoms with Crippen molar-refractivity contribution < 1.29 is 18.0 Å². The first-order chi connectivity index (χ1) is 10.7. The summed E-state index contributed by atoms with van der Waals surface area (Å²) in [5.74, 6) is -0.122. The summed E-state index contributed by atoms with van der Waals surface area (Å²) < 4.78 is 38.6. The van der Waals surface area contributed by atoms with Gasteiger partial charge in [0.05, 0.1) is 11.6 Å². The molecule has 0 radical (unpaired) electrons. The first-order valence-electron chi connectivity index (χ1n) is 7.97. The molecule has 2 N–H and O–H groups in total. The summed E-state index contributed by atoms with van der Waals surface area (Å²) in [6, 6.07) is 4.85. The molecule has 0 spiro atoms. The average Bonchev–Trinajstić information content (AvgIpc) is 2.93. The smallest absolute Gasteiger partial charge is 0.336 e. The van der Waals surface area contributed by atoms with Gasteiger partial charge < -0.3 is 10.6 Å². The molecule has 3 nitrogen and oxygen atoms in total. The van der Waals surface area contributed by atoms with Crippen molar-refractivity contribution in [3.63, 3.8) is 0 Å². The quantitative estimate of drug-likeness (QED) is 0.915. The van der Waals surface area contributed by atoms with E-state index in [1.807, 2.05) is 6.92 Å². The Balaban J connectivity index is 2.19. The van der Waals surface area contributed by atoms with Crippen LogP contribution in [-0.4, -0.2) is 23.4 Å². The minimum atomic E-state index is -4.38. The van der Waals surface area contributed by atoms with Crippen molar-refractivity contribution in [1.29, 1.82) is 0 Å². The van der Waals surface area contributed by atoms with E-state index in [1.54, 1.807) is 17.9 Å². The van der Waals surface area contributed by atoms with Crippen molar-refractivity contribution in [3.05, 3.63) is 35.4 Å². The normalized spacial score (nSPS) is 22.9. The third-order valence-corrected chi connectivity index (χ3v) is 4.61. The van der Waals surface area contributed by atoms with E-state index >= 15 is 0 Å². The van der Waals surface area contributed by atoms with Crippen LogP contribution in [0.1, 0.15) is 50.3 Å². The highest BCUT2D eigenvalue weighted by atomic mass is 19.4. The monoisotopic (exact) mass is 328 g/mol. The van der Waals surface area contributed by atoms with Crippen molar-refractivity contribution in [2.24, 2.45) is 11.7 Å². The number of carbonyl (C=O) groups excluding carboxylic acids is 1. The SMILES string of the molecule is CCN(C(=O)C1CCC(N)C1)C(C)c1cccc(C(F)(F)F)c1. The number of alkyl halides is 3. The highest BCUT2D eigenvalue weighted by Crippen LogP contribution is 2.33. The number of carbonyl (C=O) groups is 1. The van der Waals surface area contributed by atoms with Crippen molar-refractivity contribution in [3.8, 4) is 0 Å². The molecule has 23 heavy (non-hydrogen) atoms. The molecule has 0 saturated heterocycles. The van der Waals surface area contributed by atoms with E-state index in [1.165, 1.54) is 6.07 Å². The molecule has 1 aromatic rings. The fourth-order valence-corrected chi connectivity index (χ4v) is 3.25. The predicted molar refractivity (Wildman–Crippen MR) is 82.6 cm³/mol. The van der Waals surface area contributed by atoms with E-state index in [0.717, 1.165) is 25.0 Å². The minimum absolute atomic E-state index is 0.00892. The molecule has 1 aliphatic carbocycles. The van der Waals surface area contributed by atoms with E-state index in [9.17, 15) is 18.0 Å². The molecule has 0 bridgehead atoms. The molecule has 128 valence electrons. The van der Waals surface area contributed by atoms with Crippen LogP contribution in [0.5, 0.6) is 0 Å². The third kappa shape index (κ3) is 4.05. The number of benzene rings is 1. The molecule has 3 atom stereocenters. The number of nitrogens with two attached hydrogens (primary N) is 1. The predicted octanol–water partition coefficient (Wildman–Crippen LogP) is 3.74. The first kappa shape index (κ1) is 17.8. The van der Waals surface area contributed by atoms with E-state index < -0.39 is 17.8 Å². The third-order valence-electron chi connectivity index (χ3n) is 4.61. The lowest BCUT2D eigenvalue weighted by atomic mass is 10.0. The van der Waals surface area contributed by atoms with E-state index in [2.05, 4.69) is 0 Å². The van der Waals surface area contributed by atoms with Crippen LogP contribution >= 0.6 is 0 Å². The highest BCUT2D eigenvalue weighted by molar-refractivity contribution is 5.79. The Kier molecular flexibility index (Phi) is 5.34. The average molecular weight is 328 g/mol. The number of nitrogens with zero attached hydrogens (tertiary/aromatic N) is 1. The van der Waals surface area contributed by atoms with Crippen LogP contribution in [0, 0.1) is 5.92 Å². The number of rotatable bonds is 4. The fourth-order valence-electron chi connectivity index (χ4n) is 3.25. The van der Waals surface area contributed by atoms with Crippen molar-refractivity contribution in [2.45, 2.75) is 51.4 Å². The summed E-state index contributed by atoms with van der Waals surface area (Å²) in [4.78, 5) is 14.3. The number of hydrogen-bond donors (Lipinski definition) is 1. The van der Waals surface area contributed by atoms with Crippen LogP contribution < -0.4 is 5.73 Å². The van der Waals surface area contributed by atoms with Gasteiger partial charge >= 0.3 is 6.18 Å². The van der Waals surface area contributed by atoms with Gasteiger partial charge in [0.15, 0.2) is 0 Å². The van der Waals surface area contributed by atoms with Crippen molar-refractivity contribution >= 4 is 5.91 Å². The van der Waals surface area contributed by atoms with Crippen LogP contribution in [0.15, 0.2) is 24.3 Å². The standard InChI is InChI=1S/C17H23F3N2O/c1-3-22(16(23)13-7-8-15(21)10-13)11(2)12-5-4-6-14(9-12)17(18,19)20/h4-6,9,11,13,15H,3,7-8,10,21H2,1-2H3. The van der Waals surface area contributed by atoms with Gasteiger partial charge in [-0.05, 0) is 50.8 Å². The van der Waals surface area contributed by atoms with Crippen LogP contribution in [0.3, 0.4) is 0 Å². The van der Waals surface area contributed by atoms with Gasteiger partial charge in [0.2, 0.25) is 5.91 Å². The van der Waals surface area contributed by atoms with E-state index in [4.69, 9.17) is 5.73 Å². The molecule has 0 aliphatic heterocycles. The molecule has 1 aliphatic rings. The molecule has 3 unspecified atom stereocenters. The Morgan fingerprint density at radius 2 is 2.09 bits per heavy atom. The van der Waals surface area contributed by atoms with Gasteiger partial charge in [0, 0.05) is 18.5 Å². The number of halogens is 3. The largest absolute Gasteiger partial charge is 0.416 e. The van der Waals surface area contributed by atoms with Gasteiger partial charge in [-0.2, -0.15) is 13.2 Å². The molecule has 1 fully saturated rings. The maximum absolute atomic E-state index is 12.9. The van der Waals surface area contributed by atoms with Crippen LogP contribution in [-0.2, 0) is 11.0 Å². The summed E-state index contributed by atoms with van der Waals surface area (Å²) in [6.45, 7) is 4.07. The Labute approximate surface area is 134 Å². The van der Waals surface area contributed by atoms with Gasteiger partial charge in [-0.15, -0.1) is 0 Å². The summed E-state index contributed by atoms with van der Waals surface area (Å²) in [5, 5.41) is 0. The Bertz CT molecular complexity index is 559. The zero-order valence-electron chi connectivity index (χ0n) is 13.4. The number of amides is 1. The fraction of sp³-hybridized carbons (Fsp3) is 0.588. The summed E-state index contributed by atoms with van der Waals surface area (Å²) in [5.41, 5.74) is 5.67. The Hall–Kier alpha value is -1.56. The second-order valence-electron chi connectivity index (χ2n) is 6.19. The maximum Gasteiger partial charge on any atom is 0.416 e. The van der Waals surface area contributed by atoms with E-state index in [0.29, 0.717) is 18.5 Å². The molecular formula is C17H23F3N2O. The van der Waals surface area contributed by atoms with Crippen molar-refractivity contribution in [1.82, 2.24) is 4.90 Å². The van der Waals surface area contributed by atoms with Gasteiger partial charge in [-0.25, -0.2) is 0 Å². The maximum atomic E-state index is 12.9. The van der Waals surface area contributed by atoms with Crippen LogP contribution in [0.25, 0.3) is 0 Å². The second kappa shape index (κ2) is 6.91. The van der Waals surface area contributed by atoms with Gasteiger partial charge in [0.25, 0.3) is 0 Å². The zero-order valence-corrected chi connectivity index (χ0v) is 13.4. The highest BCUT2D eigenvalue weighted by Gasteiger charge is 2.34. The molecule has 0 aromatic heterocycles. The van der Waals surface area contributed by atoms with Gasteiger partial charge in [-0.1, -0.05) is 12.1 Å². The van der Waals surface area contributed by atoms with Gasteiger partial charge in [-0.3, -0.25) is 4.79 Å². The Morgan fingerprint density at radius 1 is 1.39 bits per heavy atom. The van der Waals surface area contributed by atoms with Crippen LogP contribution in [0.4, 0.5) is 13.2 Å². The molecule has 1 saturated carbocycles. The van der Waals surface area contributed by atoms with Crippen LogP contribution in [0.2, 0.25) is 0 Å². The van der Waals surface area contributed by atoms with Gasteiger partial charge in [0.1, 0.15) is 0 Å². The first-order valence-corrected chi connectivity index (χ1v) is 7.97. The topological polar surface area (TPSA) is 46.3 Å².